The summed E-state index contributed by atoms with van der Waals surface area (Å²) in [7, 11) is 1.69. The first-order chi connectivity index (χ1) is 16.2. The van der Waals surface area contributed by atoms with E-state index in [1.807, 2.05) is 18.7 Å². The van der Waals surface area contributed by atoms with Crippen LogP contribution < -0.4 is 4.74 Å². The van der Waals surface area contributed by atoms with Crippen LogP contribution in [0.5, 0.6) is 5.75 Å². The lowest BCUT2D eigenvalue weighted by Crippen LogP contribution is -2.49. The maximum atomic E-state index is 14.0. The minimum atomic E-state index is -1.49. The number of amides is 1. The maximum Gasteiger partial charge on any atom is 0.256 e. The second-order valence-electron chi connectivity index (χ2n) is 9.18. The van der Waals surface area contributed by atoms with Crippen molar-refractivity contribution in [1.82, 2.24) is 19.7 Å². The van der Waals surface area contributed by atoms with E-state index in [0.717, 1.165) is 42.7 Å². The molecule has 0 radical (unpaired) electrons. The zero-order valence-corrected chi connectivity index (χ0v) is 19.2. The summed E-state index contributed by atoms with van der Waals surface area (Å²) in [5, 5.41) is 4.66. The molecule has 5 rings (SSSR count). The fourth-order valence-corrected chi connectivity index (χ4v) is 5.22. The van der Waals surface area contributed by atoms with Gasteiger partial charge in [0.25, 0.3) is 5.91 Å². The third kappa shape index (κ3) is 3.73. The number of hydrogen-bond donors (Lipinski definition) is 0. The molecule has 1 amide bonds. The Morgan fingerprint density at radius 1 is 1.12 bits per heavy atom. The van der Waals surface area contributed by atoms with Gasteiger partial charge in [-0.1, -0.05) is 0 Å². The maximum absolute atomic E-state index is 14.0. The van der Waals surface area contributed by atoms with Gasteiger partial charge in [-0.3, -0.25) is 14.5 Å². The third-order valence-corrected chi connectivity index (χ3v) is 6.50. The van der Waals surface area contributed by atoms with Crippen LogP contribution in [-0.4, -0.2) is 37.7 Å². The molecule has 0 unspecified atom stereocenters. The molecule has 3 aromatic rings. The van der Waals surface area contributed by atoms with Gasteiger partial charge in [-0.25, -0.2) is 13.2 Å². The van der Waals surface area contributed by atoms with Crippen LogP contribution in [0, 0.1) is 17.5 Å². The fraction of sp³-hybridized carbons (Fsp3) is 0.400. The van der Waals surface area contributed by atoms with Crippen molar-refractivity contribution >= 4 is 5.91 Å². The van der Waals surface area contributed by atoms with Crippen molar-refractivity contribution in [3.05, 3.63) is 64.9 Å². The van der Waals surface area contributed by atoms with Gasteiger partial charge in [-0.15, -0.1) is 0 Å². The average molecular weight is 470 g/mol. The first kappa shape index (κ1) is 22.4. The normalized spacial score (nSPS) is 19.3. The minimum absolute atomic E-state index is 0.0443. The number of carbonyl (C=O) groups is 1. The van der Waals surface area contributed by atoms with Gasteiger partial charge in [-0.2, -0.15) is 5.10 Å². The van der Waals surface area contributed by atoms with E-state index in [1.54, 1.807) is 24.0 Å². The van der Waals surface area contributed by atoms with Gasteiger partial charge in [0.2, 0.25) is 0 Å². The molecular formula is C25H25F3N4O2. The van der Waals surface area contributed by atoms with Crippen LogP contribution in [0.4, 0.5) is 13.2 Å². The number of nitrogens with zero attached hydrogens (tertiary/aromatic N) is 4. The largest absolute Gasteiger partial charge is 0.489 e. The number of hydrogen-bond acceptors (Lipinski definition) is 4. The van der Waals surface area contributed by atoms with Gasteiger partial charge in [0, 0.05) is 30.4 Å². The van der Waals surface area contributed by atoms with Crippen LogP contribution in [0.15, 0.2) is 30.6 Å². The molecule has 1 fully saturated rings. The van der Waals surface area contributed by atoms with Crippen LogP contribution >= 0.6 is 0 Å². The summed E-state index contributed by atoms with van der Waals surface area (Å²) < 4.78 is 48.8. The summed E-state index contributed by atoms with van der Waals surface area (Å²) in [6.07, 6.45) is 6.05. The second kappa shape index (κ2) is 8.45. The average Bonchev–Trinajstić information content (AvgIpc) is 3.11. The SMILES string of the molecule is CC(C)Oc1cncc(C(=O)N2[C@@H]3CCC[C@H]2c2nn(C)c(-c4cc(F)c(F)c(F)c4)c2C3)c1. The van der Waals surface area contributed by atoms with Gasteiger partial charge in [0.15, 0.2) is 17.5 Å². The number of halogens is 3. The molecule has 4 heterocycles. The number of aromatic nitrogens is 3. The van der Waals surface area contributed by atoms with Crippen molar-refractivity contribution in [2.24, 2.45) is 7.05 Å². The summed E-state index contributed by atoms with van der Waals surface area (Å²) in [6, 6.07) is 3.34. The molecular weight excluding hydrogens is 445 g/mol. The van der Waals surface area contributed by atoms with E-state index in [0.29, 0.717) is 23.4 Å². The molecule has 2 aliphatic heterocycles. The summed E-state index contributed by atoms with van der Waals surface area (Å²) in [5.41, 5.74) is 2.78. The third-order valence-electron chi connectivity index (χ3n) is 6.50. The Kier molecular flexibility index (Phi) is 5.58. The molecule has 2 aromatic heterocycles. The first-order valence-electron chi connectivity index (χ1n) is 11.4. The number of carbonyl (C=O) groups excluding carboxylic acids is 1. The topological polar surface area (TPSA) is 60.2 Å². The minimum Gasteiger partial charge on any atom is -0.489 e. The second-order valence-corrected chi connectivity index (χ2v) is 9.18. The first-order valence-corrected chi connectivity index (χ1v) is 11.4. The smallest absolute Gasteiger partial charge is 0.256 e. The Labute approximate surface area is 195 Å². The molecule has 34 heavy (non-hydrogen) atoms. The molecule has 1 saturated heterocycles. The van der Waals surface area contributed by atoms with Gasteiger partial charge in [-0.05, 0) is 57.7 Å². The molecule has 178 valence electrons. The fourth-order valence-electron chi connectivity index (χ4n) is 5.22. The van der Waals surface area contributed by atoms with Crippen molar-refractivity contribution < 1.29 is 22.7 Å². The Bertz CT molecular complexity index is 1250. The lowest BCUT2D eigenvalue weighted by molar-refractivity contribution is 0.0391. The summed E-state index contributed by atoms with van der Waals surface area (Å²) in [6.45, 7) is 3.81. The Hall–Kier alpha value is -3.36. The highest BCUT2D eigenvalue weighted by Crippen LogP contribution is 2.45. The van der Waals surface area contributed by atoms with Crippen LogP contribution in [0.25, 0.3) is 11.3 Å². The Balaban J connectivity index is 1.54. The van der Waals surface area contributed by atoms with Crippen molar-refractivity contribution in [2.45, 2.75) is 57.7 Å². The summed E-state index contributed by atoms with van der Waals surface area (Å²) in [4.78, 5) is 19.6. The lowest BCUT2D eigenvalue weighted by Gasteiger charge is -2.45. The molecule has 0 saturated carbocycles. The predicted molar refractivity (Wildman–Crippen MR) is 119 cm³/mol. The number of rotatable bonds is 4. The Morgan fingerprint density at radius 3 is 2.56 bits per heavy atom. The Morgan fingerprint density at radius 2 is 1.85 bits per heavy atom. The highest BCUT2D eigenvalue weighted by Gasteiger charge is 2.43. The van der Waals surface area contributed by atoms with Crippen LogP contribution in [-0.2, 0) is 13.5 Å². The molecule has 2 aliphatic rings. The number of ether oxygens (including phenoxy) is 1. The zero-order chi connectivity index (χ0) is 24.1. The van der Waals surface area contributed by atoms with E-state index >= 15 is 0 Å². The quantitative estimate of drug-likeness (QED) is 0.505. The molecule has 2 bridgehead atoms. The summed E-state index contributed by atoms with van der Waals surface area (Å²) >= 11 is 0. The molecule has 0 aliphatic carbocycles. The van der Waals surface area contributed by atoms with Crippen molar-refractivity contribution in [2.75, 3.05) is 0 Å². The van der Waals surface area contributed by atoms with Gasteiger partial charge < -0.3 is 9.64 Å². The highest BCUT2D eigenvalue weighted by molar-refractivity contribution is 5.95. The van der Waals surface area contributed by atoms with E-state index < -0.39 is 17.5 Å². The highest BCUT2D eigenvalue weighted by atomic mass is 19.2. The number of fused-ring (bicyclic) bond motifs is 4. The zero-order valence-electron chi connectivity index (χ0n) is 19.2. The molecule has 6 nitrogen and oxygen atoms in total. The van der Waals surface area contributed by atoms with E-state index in [1.165, 1.54) is 6.20 Å². The number of aryl methyl sites for hydroxylation is 1. The van der Waals surface area contributed by atoms with Crippen molar-refractivity contribution in [1.29, 1.82) is 0 Å². The number of piperidine rings is 1. The van der Waals surface area contributed by atoms with E-state index in [4.69, 9.17) is 4.74 Å². The molecule has 2 atom stereocenters. The van der Waals surface area contributed by atoms with Gasteiger partial charge >= 0.3 is 0 Å². The van der Waals surface area contributed by atoms with E-state index in [2.05, 4.69) is 10.1 Å². The number of benzene rings is 1. The summed E-state index contributed by atoms with van der Waals surface area (Å²) in [5.74, 6) is -3.59. The van der Waals surface area contributed by atoms with E-state index in [9.17, 15) is 18.0 Å². The van der Waals surface area contributed by atoms with Crippen LogP contribution in [0.1, 0.15) is 60.8 Å². The predicted octanol–water partition coefficient (Wildman–Crippen LogP) is 4.98. The molecule has 9 heteroatoms. The monoisotopic (exact) mass is 470 g/mol. The van der Waals surface area contributed by atoms with Gasteiger partial charge in [0.1, 0.15) is 5.75 Å². The van der Waals surface area contributed by atoms with Crippen molar-refractivity contribution in [3.63, 3.8) is 0 Å². The van der Waals surface area contributed by atoms with Gasteiger partial charge in [0.05, 0.1) is 35.3 Å². The van der Waals surface area contributed by atoms with Crippen LogP contribution in [0.2, 0.25) is 0 Å². The molecule has 0 spiro atoms. The number of pyridine rings is 1. The van der Waals surface area contributed by atoms with Crippen molar-refractivity contribution in [3.8, 4) is 17.0 Å². The molecule has 1 aromatic carbocycles. The van der Waals surface area contributed by atoms with Crippen LogP contribution in [0.3, 0.4) is 0 Å². The standard InChI is InChI=1S/C25H25F3N4O2/c1-13(2)34-17-7-15(11-29-12-17)25(33)32-16-5-4-6-21(32)23-18(10-16)24(31(3)30-23)14-8-19(26)22(28)20(27)9-14/h7-9,11-13,16,21H,4-6,10H2,1-3H3/t16-,21+/m1/s1. The molecule has 0 N–H and O–H groups in total. The van der Waals surface area contributed by atoms with E-state index in [-0.39, 0.29) is 29.7 Å². The lowest BCUT2D eigenvalue weighted by atomic mass is 9.81.